The summed E-state index contributed by atoms with van der Waals surface area (Å²) in [6.07, 6.45) is 2.83. The molecule has 0 bridgehead atoms. The Morgan fingerprint density at radius 1 is 1.41 bits per heavy atom. The van der Waals surface area contributed by atoms with Gasteiger partial charge in [0.25, 0.3) is 15.2 Å². The molecule has 1 aromatic rings. The normalized spacial score (nSPS) is 19.4. The lowest BCUT2D eigenvalue weighted by atomic mass is 10.1. The van der Waals surface area contributed by atoms with Gasteiger partial charge in [-0.1, -0.05) is 0 Å². The second-order valence-corrected chi connectivity index (χ2v) is 6.05. The summed E-state index contributed by atoms with van der Waals surface area (Å²) in [5, 5.41) is -0.118. The first-order valence-corrected chi connectivity index (χ1v) is 6.99. The summed E-state index contributed by atoms with van der Waals surface area (Å²) < 4.78 is 25.8. The van der Waals surface area contributed by atoms with Gasteiger partial charge < -0.3 is 5.73 Å². The van der Waals surface area contributed by atoms with E-state index in [1.54, 1.807) is 13.0 Å². The van der Waals surface area contributed by atoms with Crippen LogP contribution in [0.5, 0.6) is 0 Å². The maximum atomic E-state index is 12.2. The van der Waals surface area contributed by atoms with Gasteiger partial charge in [-0.2, -0.15) is 4.31 Å². The van der Waals surface area contributed by atoms with Crippen molar-refractivity contribution < 1.29 is 8.42 Å². The molecule has 0 amide bonds. The molecule has 0 aromatic carbocycles. The maximum absolute atomic E-state index is 12.2. The van der Waals surface area contributed by atoms with E-state index >= 15 is 0 Å². The molecule has 0 spiro atoms. The predicted molar refractivity (Wildman–Crippen MR) is 62.7 cm³/mol. The summed E-state index contributed by atoms with van der Waals surface area (Å²) >= 11 is 0. The number of nitrogens with two attached hydrogens (primary N) is 1. The molecule has 6 nitrogen and oxygen atoms in total. The third-order valence-electron chi connectivity index (χ3n) is 2.84. The minimum absolute atomic E-state index is 0.0971. The fraction of sp³-hybridized carbons (Fsp3) is 0.600. The zero-order valence-corrected chi connectivity index (χ0v) is 10.5. The van der Waals surface area contributed by atoms with E-state index in [4.69, 9.17) is 5.73 Å². The molecule has 1 saturated heterocycles. The van der Waals surface area contributed by atoms with Crippen LogP contribution in [-0.2, 0) is 10.0 Å². The maximum Gasteiger partial charge on any atom is 0.278 e. The third kappa shape index (κ3) is 2.62. The number of hydrogen-bond acceptors (Lipinski definition) is 5. The van der Waals surface area contributed by atoms with Crippen LogP contribution in [-0.4, -0.2) is 41.8 Å². The van der Waals surface area contributed by atoms with Crippen molar-refractivity contribution in [2.45, 2.75) is 31.0 Å². The summed E-state index contributed by atoms with van der Waals surface area (Å²) in [4.78, 5) is 7.80. The lowest BCUT2D eigenvalue weighted by Gasteiger charge is -2.28. The smallest absolute Gasteiger partial charge is 0.278 e. The molecule has 0 saturated carbocycles. The standard InChI is InChI=1S/C10H16N4O2S/c1-8-2-5-12-10(13-8)17(15,16)14-6-3-9(11)4-7-14/h2,5,9H,3-4,6-7,11H2,1H3. The van der Waals surface area contributed by atoms with E-state index in [0.717, 1.165) is 0 Å². The number of piperidine rings is 1. The molecule has 1 aliphatic rings. The Labute approximate surface area is 101 Å². The monoisotopic (exact) mass is 256 g/mol. The lowest BCUT2D eigenvalue weighted by Crippen LogP contribution is -2.43. The van der Waals surface area contributed by atoms with Gasteiger partial charge in [-0.25, -0.2) is 18.4 Å². The number of nitrogens with zero attached hydrogens (tertiary/aromatic N) is 3. The van der Waals surface area contributed by atoms with Crippen LogP contribution in [0.25, 0.3) is 0 Å². The predicted octanol–water partition coefficient (Wildman–Crippen LogP) is -0.103. The molecule has 7 heteroatoms. The number of aromatic nitrogens is 2. The van der Waals surface area contributed by atoms with Crippen LogP contribution in [0.4, 0.5) is 0 Å². The third-order valence-corrected chi connectivity index (χ3v) is 4.55. The average Bonchev–Trinajstić information content (AvgIpc) is 2.29. The summed E-state index contributed by atoms with van der Waals surface area (Å²) in [5.74, 6) is 0. The van der Waals surface area contributed by atoms with E-state index in [1.807, 2.05) is 0 Å². The van der Waals surface area contributed by atoms with Gasteiger partial charge in [0.05, 0.1) is 0 Å². The molecule has 0 unspecified atom stereocenters. The van der Waals surface area contributed by atoms with Gasteiger partial charge in [0, 0.05) is 31.0 Å². The highest BCUT2D eigenvalue weighted by Crippen LogP contribution is 2.17. The van der Waals surface area contributed by atoms with Crippen LogP contribution in [0.2, 0.25) is 0 Å². The Kier molecular flexibility index (Phi) is 3.41. The molecule has 2 rings (SSSR count). The largest absolute Gasteiger partial charge is 0.328 e. The molecule has 1 aromatic heterocycles. The molecule has 94 valence electrons. The first-order valence-electron chi connectivity index (χ1n) is 5.55. The summed E-state index contributed by atoms with van der Waals surface area (Å²) in [6.45, 7) is 2.63. The zero-order valence-electron chi connectivity index (χ0n) is 9.70. The van der Waals surface area contributed by atoms with Crippen molar-refractivity contribution in [2.75, 3.05) is 13.1 Å². The Bertz CT molecular complexity index is 495. The van der Waals surface area contributed by atoms with Crippen molar-refractivity contribution in [3.05, 3.63) is 18.0 Å². The highest BCUT2D eigenvalue weighted by molar-refractivity contribution is 7.88. The van der Waals surface area contributed by atoms with E-state index in [1.165, 1.54) is 10.5 Å². The van der Waals surface area contributed by atoms with Crippen molar-refractivity contribution in [1.29, 1.82) is 0 Å². The highest BCUT2D eigenvalue weighted by Gasteiger charge is 2.30. The van der Waals surface area contributed by atoms with Crippen molar-refractivity contribution in [3.63, 3.8) is 0 Å². The number of rotatable bonds is 2. The molecular weight excluding hydrogens is 240 g/mol. The zero-order chi connectivity index (χ0) is 12.5. The molecule has 2 heterocycles. The average molecular weight is 256 g/mol. The van der Waals surface area contributed by atoms with Crippen LogP contribution in [0, 0.1) is 6.92 Å². The SMILES string of the molecule is Cc1ccnc(S(=O)(=O)N2CCC(N)CC2)n1. The Balaban J connectivity index is 2.25. The summed E-state index contributed by atoms with van der Waals surface area (Å²) in [7, 11) is -3.55. The van der Waals surface area contributed by atoms with Gasteiger partial charge in [-0.05, 0) is 25.8 Å². The van der Waals surface area contributed by atoms with E-state index < -0.39 is 10.0 Å². The molecule has 0 atom stereocenters. The minimum Gasteiger partial charge on any atom is -0.328 e. The quantitative estimate of drug-likeness (QED) is 0.746. The highest BCUT2D eigenvalue weighted by atomic mass is 32.2. The van der Waals surface area contributed by atoms with Crippen LogP contribution in [0.1, 0.15) is 18.5 Å². The van der Waals surface area contributed by atoms with E-state index in [0.29, 0.717) is 31.6 Å². The van der Waals surface area contributed by atoms with E-state index in [2.05, 4.69) is 9.97 Å². The molecular formula is C10H16N4O2S. The lowest BCUT2D eigenvalue weighted by molar-refractivity contribution is 0.318. The van der Waals surface area contributed by atoms with Crippen LogP contribution in [0.3, 0.4) is 0 Å². The van der Waals surface area contributed by atoms with Crippen molar-refractivity contribution in [3.8, 4) is 0 Å². The first kappa shape index (κ1) is 12.4. The summed E-state index contributed by atoms with van der Waals surface area (Å²) in [6, 6.07) is 1.77. The van der Waals surface area contributed by atoms with Crippen LogP contribution < -0.4 is 5.73 Å². The van der Waals surface area contributed by atoms with Crippen molar-refractivity contribution >= 4 is 10.0 Å². The molecule has 17 heavy (non-hydrogen) atoms. The fourth-order valence-corrected chi connectivity index (χ4v) is 3.16. The first-order chi connectivity index (χ1) is 8.00. The minimum atomic E-state index is -3.55. The van der Waals surface area contributed by atoms with Gasteiger partial charge in [0.2, 0.25) is 0 Å². The number of aryl methyl sites for hydroxylation is 1. The van der Waals surface area contributed by atoms with Crippen LogP contribution >= 0.6 is 0 Å². The van der Waals surface area contributed by atoms with Crippen molar-refractivity contribution in [1.82, 2.24) is 14.3 Å². The second kappa shape index (κ2) is 4.67. The molecule has 0 aliphatic carbocycles. The van der Waals surface area contributed by atoms with E-state index in [-0.39, 0.29) is 11.2 Å². The Hall–Kier alpha value is -1.05. The molecule has 1 aliphatic heterocycles. The van der Waals surface area contributed by atoms with Gasteiger partial charge in [-0.15, -0.1) is 0 Å². The van der Waals surface area contributed by atoms with Gasteiger partial charge in [0.1, 0.15) is 0 Å². The summed E-state index contributed by atoms with van der Waals surface area (Å²) in [5.41, 5.74) is 6.40. The van der Waals surface area contributed by atoms with Crippen LogP contribution in [0.15, 0.2) is 17.4 Å². The number of sulfonamides is 1. The van der Waals surface area contributed by atoms with Crippen molar-refractivity contribution in [2.24, 2.45) is 5.73 Å². The molecule has 0 radical (unpaired) electrons. The topological polar surface area (TPSA) is 89.2 Å². The molecule has 2 N–H and O–H groups in total. The Morgan fingerprint density at radius 2 is 2.06 bits per heavy atom. The number of hydrogen-bond donors (Lipinski definition) is 1. The van der Waals surface area contributed by atoms with Gasteiger partial charge in [-0.3, -0.25) is 0 Å². The van der Waals surface area contributed by atoms with E-state index in [9.17, 15) is 8.42 Å². The Morgan fingerprint density at radius 3 is 2.65 bits per heavy atom. The fourth-order valence-electron chi connectivity index (χ4n) is 1.78. The van der Waals surface area contributed by atoms with Gasteiger partial charge in [0.15, 0.2) is 0 Å². The molecule has 1 fully saturated rings. The second-order valence-electron chi connectivity index (χ2n) is 4.22. The van der Waals surface area contributed by atoms with Gasteiger partial charge >= 0.3 is 0 Å².